The van der Waals surface area contributed by atoms with Crippen molar-refractivity contribution in [2.75, 3.05) is 19.7 Å². The van der Waals surface area contributed by atoms with Gasteiger partial charge in [0, 0.05) is 18.5 Å². The second kappa shape index (κ2) is 3.71. The van der Waals surface area contributed by atoms with Crippen molar-refractivity contribution in [2.45, 2.75) is 53.1 Å². The molecular formula is C14H27NO. The predicted molar refractivity (Wildman–Crippen MR) is 67.5 cm³/mol. The lowest BCUT2D eigenvalue weighted by Crippen LogP contribution is -2.49. The summed E-state index contributed by atoms with van der Waals surface area (Å²) in [5.74, 6) is 0.647. The Balaban J connectivity index is 2.19. The van der Waals surface area contributed by atoms with Gasteiger partial charge < -0.3 is 10.1 Å². The third kappa shape index (κ3) is 1.91. The van der Waals surface area contributed by atoms with E-state index in [9.17, 15) is 0 Å². The Morgan fingerprint density at radius 3 is 2.19 bits per heavy atom. The second-order valence-corrected chi connectivity index (χ2v) is 7.14. The Hall–Kier alpha value is -0.0800. The van der Waals surface area contributed by atoms with E-state index in [4.69, 9.17) is 4.74 Å². The highest BCUT2D eigenvalue weighted by atomic mass is 16.5. The normalized spacial score (nSPS) is 34.1. The van der Waals surface area contributed by atoms with Crippen molar-refractivity contribution in [2.24, 2.45) is 16.7 Å². The lowest BCUT2D eigenvalue weighted by molar-refractivity contribution is -0.0696. The first kappa shape index (κ1) is 12.4. The Kier molecular flexibility index (Phi) is 2.87. The first-order valence-electron chi connectivity index (χ1n) is 6.66. The van der Waals surface area contributed by atoms with Gasteiger partial charge in [-0.05, 0) is 24.2 Å². The molecular weight excluding hydrogens is 198 g/mol. The van der Waals surface area contributed by atoms with E-state index in [-0.39, 0.29) is 16.4 Å². The second-order valence-electron chi connectivity index (χ2n) is 7.14. The summed E-state index contributed by atoms with van der Waals surface area (Å²) >= 11 is 0. The van der Waals surface area contributed by atoms with Crippen molar-refractivity contribution >= 4 is 0 Å². The van der Waals surface area contributed by atoms with E-state index in [2.05, 4.69) is 39.9 Å². The number of rotatable bonds is 1. The van der Waals surface area contributed by atoms with Gasteiger partial charge in [0.2, 0.25) is 0 Å². The monoisotopic (exact) mass is 225 g/mol. The highest BCUT2D eigenvalue weighted by Crippen LogP contribution is 2.49. The van der Waals surface area contributed by atoms with E-state index < -0.39 is 0 Å². The lowest BCUT2D eigenvalue weighted by atomic mass is 9.61. The Morgan fingerprint density at radius 1 is 1.12 bits per heavy atom. The molecule has 1 unspecified atom stereocenters. The molecule has 2 aliphatic rings. The van der Waals surface area contributed by atoms with Crippen LogP contribution in [-0.2, 0) is 4.74 Å². The van der Waals surface area contributed by atoms with E-state index in [0.29, 0.717) is 5.92 Å². The zero-order valence-corrected chi connectivity index (χ0v) is 11.5. The van der Waals surface area contributed by atoms with Crippen LogP contribution in [0.5, 0.6) is 0 Å². The molecule has 0 amide bonds. The molecule has 16 heavy (non-hydrogen) atoms. The van der Waals surface area contributed by atoms with Gasteiger partial charge in [-0.2, -0.15) is 0 Å². The van der Waals surface area contributed by atoms with Crippen LogP contribution in [0.4, 0.5) is 0 Å². The molecule has 0 aromatic carbocycles. The minimum absolute atomic E-state index is 0.210. The van der Waals surface area contributed by atoms with Gasteiger partial charge >= 0.3 is 0 Å². The standard InChI is InChI=1S/C14H27NO/c1-11(2)14(12(3,4)5)9-15-8-13(6-7-13)16-10-14/h11,15H,6-10H2,1-5H3. The fourth-order valence-corrected chi connectivity index (χ4v) is 3.08. The Morgan fingerprint density at radius 2 is 1.75 bits per heavy atom. The Bertz CT molecular complexity index is 262. The van der Waals surface area contributed by atoms with E-state index in [1.807, 2.05) is 0 Å². The molecule has 1 aliphatic heterocycles. The summed E-state index contributed by atoms with van der Waals surface area (Å²) in [5.41, 5.74) is 0.759. The van der Waals surface area contributed by atoms with Crippen LogP contribution >= 0.6 is 0 Å². The van der Waals surface area contributed by atoms with Gasteiger partial charge in [-0.15, -0.1) is 0 Å². The molecule has 1 aliphatic carbocycles. The van der Waals surface area contributed by atoms with Crippen LogP contribution in [0, 0.1) is 16.7 Å². The third-order valence-electron chi connectivity index (χ3n) is 4.93. The van der Waals surface area contributed by atoms with E-state index >= 15 is 0 Å². The molecule has 1 N–H and O–H groups in total. The zero-order chi connectivity index (χ0) is 12.0. The molecule has 1 atom stereocenters. The molecule has 1 heterocycles. The molecule has 0 aromatic rings. The molecule has 1 spiro atoms. The van der Waals surface area contributed by atoms with Crippen molar-refractivity contribution in [3.63, 3.8) is 0 Å². The van der Waals surface area contributed by atoms with Crippen LogP contribution < -0.4 is 5.32 Å². The topological polar surface area (TPSA) is 21.3 Å². The van der Waals surface area contributed by atoms with E-state index in [1.54, 1.807) is 0 Å². The third-order valence-corrected chi connectivity index (χ3v) is 4.93. The summed E-state index contributed by atoms with van der Waals surface area (Å²) < 4.78 is 6.24. The number of ether oxygens (including phenoxy) is 1. The molecule has 0 bridgehead atoms. The molecule has 2 nitrogen and oxygen atoms in total. The van der Waals surface area contributed by atoms with Crippen LogP contribution in [0.25, 0.3) is 0 Å². The van der Waals surface area contributed by atoms with Gasteiger partial charge in [0.1, 0.15) is 0 Å². The molecule has 2 heteroatoms. The summed E-state index contributed by atoms with van der Waals surface area (Å²) in [5, 5.41) is 3.65. The zero-order valence-electron chi connectivity index (χ0n) is 11.5. The maximum absolute atomic E-state index is 6.24. The SMILES string of the molecule is CC(C)C1(C(C)(C)C)CNCC2(CC2)OC1. The smallest absolute Gasteiger partial charge is 0.0808 e. The van der Waals surface area contributed by atoms with Crippen LogP contribution in [-0.4, -0.2) is 25.3 Å². The van der Waals surface area contributed by atoms with Crippen LogP contribution in [0.2, 0.25) is 0 Å². The largest absolute Gasteiger partial charge is 0.373 e. The van der Waals surface area contributed by atoms with Gasteiger partial charge in [-0.1, -0.05) is 34.6 Å². The van der Waals surface area contributed by atoms with Crippen LogP contribution in [0.3, 0.4) is 0 Å². The Labute approximate surface area is 100 Å². The average molecular weight is 225 g/mol. The molecule has 2 fully saturated rings. The van der Waals surface area contributed by atoms with Crippen molar-refractivity contribution in [1.82, 2.24) is 5.32 Å². The van der Waals surface area contributed by atoms with Crippen molar-refractivity contribution < 1.29 is 4.74 Å². The van der Waals surface area contributed by atoms with Gasteiger partial charge in [0.15, 0.2) is 0 Å². The summed E-state index contributed by atoms with van der Waals surface area (Å²) in [6, 6.07) is 0. The summed E-state index contributed by atoms with van der Waals surface area (Å²) in [7, 11) is 0. The van der Waals surface area contributed by atoms with E-state index in [0.717, 1.165) is 19.7 Å². The first-order valence-corrected chi connectivity index (χ1v) is 6.66. The summed E-state index contributed by atoms with van der Waals surface area (Å²) in [6.45, 7) is 14.8. The van der Waals surface area contributed by atoms with Crippen LogP contribution in [0.15, 0.2) is 0 Å². The predicted octanol–water partition coefficient (Wildman–Crippen LogP) is 2.83. The van der Waals surface area contributed by atoms with Gasteiger partial charge in [0.25, 0.3) is 0 Å². The fraction of sp³-hybridized carbons (Fsp3) is 1.00. The van der Waals surface area contributed by atoms with Crippen molar-refractivity contribution in [3.05, 3.63) is 0 Å². The van der Waals surface area contributed by atoms with Gasteiger partial charge in [0.05, 0.1) is 12.2 Å². The summed E-state index contributed by atoms with van der Waals surface area (Å²) in [6.07, 6.45) is 2.50. The number of hydrogen-bond donors (Lipinski definition) is 1. The molecule has 0 radical (unpaired) electrons. The molecule has 0 aromatic heterocycles. The molecule has 2 rings (SSSR count). The van der Waals surface area contributed by atoms with Gasteiger partial charge in [-0.25, -0.2) is 0 Å². The minimum atomic E-state index is 0.210. The minimum Gasteiger partial charge on any atom is -0.373 e. The maximum Gasteiger partial charge on any atom is 0.0808 e. The molecule has 94 valence electrons. The number of nitrogens with one attached hydrogen (secondary N) is 1. The first-order chi connectivity index (χ1) is 7.31. The maximum atomic E-state index is 6.24. The molecule has 1 saturated heterocycles. The lowest BCUT2D eigenvalue weighted by Gasteiger charge is -2.47. The van der Waals surface area contributed by atoms with Crippen LogP contribution in [0.1, 0.15) is 47.5 Å². The van der Waals surface area contributed by atoms with Crippen molar-refractivity contribution in [3.8, 4) is 0 Å². The fourth-order valence-electron chi connectivity index (χ4n) is 3.08. The quantitative estimate of drug-likeness (QED) is 0.741. The van der Waals surface area contributed by atoms with Gasteiger partial charge in [-0.3, -0.25) is 0 Å². The molecule has 1 saturated carbocycles. The highest BCUT2D eigenvalue weighted by Gasteiger charge is 2.52. The van der Waals surface area contributed by atoms with Crippen molar-refractivity contribution in [1.29, 1.82) is 0 Å². The highest BCUT2D eigenvalue weighted by molar-refractivity contribution is 5.04. The summed E-state index contributed by atoms with van der Waals surface area (Å²) in [4.78, 5) is 0. The average Bonchev–Trinajstić information content (AvgIpc) is 2.92. The number of hydrogen-bond acceptors (Lipinski definition) is 2. The van der Waals surface area contributed by atoms with E-state index in [1.165, 1.54) is 12.8 Å².